The van der Waals surface area contributed by atoms with E-state index >= 15 is 0 Å². The first kappa shape index (κ1) is 25.4. The monoisotopic (exact) mass is 540 g/mol. The number of carboxylic acid groups (broad SMARTS) is 1. The van der Waals surface area contributed by atoms with Crippen molar-refractivity contribution in [2.75, 3.05) is 24.6 Å². The molecule has 2 N–H and O–H groups in total. The van der Waals surface area contributed by atoms with Crippen LogP contribution in [0.5, 0.6) is 17.2 Å². The molecule has 192 valence electrons. The smallest absolute Gasteiger partial charge is 0.311 e. The van der Waals surface area contributed by atoms with Crippen LogP contribution in [-0.2, 0) is 4.79 Å². The van der Waals surface area contributed by atoms with Crippen LogP contribution in [0.2, 0.25) is 10.0 Å². The van der Waals surface area contributed by atoms with E-state index in [1.807, 2.05) is 17.0 Å². The Morgan fingerprint density at radius 3 is 2.57 bits per heavy atom. The Hall–Kier alpha value is -3.26. The second-order valence-corrected chi connectivity index (χ2v) is 9.97. The fourth-order valence-electron chi connectivity index (χ4n) is 4.83. The summed E-state index contributed by atoms with van der Waals surface area (Å²) in [4.78, 5) is 27.0. The Morgan fingerprint density at radius 1 is 1.05 bits per heavy atom. The predicted octanol–water partition coefficient (Wildman–Crippen LogP) is 6.14. The van der Waals surface area contributed by atoms with Crippen molar-refractivity contribution in [1.82, 2.24) is 5.32 Å². The number of hydrogen-bond acceptors (Lipinski definition) is 5. The summed E-state index contributed by atoms with van der Waals surface area (Å²) in [6.45, 7) is 1.95. The summed E-state index contributed by atoms with van der Waals surface area (Å²) in [6, 6.07) is 17.4. The summed E-state index contributed by atoms with van der Waals surface area (Å²) in [6.07, 6.45) is 2.27. The van der Waals surface area contributed by atoms with Gasteiger partial charge in [0.1, 0.15) is 17.2 Å². The van der Waals surface area contributed by atoms with Crippen LogP contribution in [0.15, 0.2) is 60.7 Å². The van der Waals surface area contributed by atoms with E-state index < -0.39 is 11.9 Å². The molecular formula is C28H26Cl2N2O5. The molecule has 37 heavy (non-hydrogen) atoms. The van der Waals surface area contributed by atoms with Gasteiger partial charge in [-0.15, -0.1) is 0 Å². The van der Waals surface area contributed by atoms with Crippen LogP contribution in [0.3, 0.4) is 0 Å². The third-order valence-corrected chi connectivity index (χ3v) is 7.20. The van der Waals surface area contributed by atoms with E-state index in [-0.39, 0.29) is 17.0 Å². The average Bonchev–Trinajstić information content (AvgIpc) is 2.90. The number of hydrogen-bond donors (Lipinski definition) is 2. The van der Waals surface area contributed by atoms with Gasteiger partial charge in [-0.3, -0.25) is 9.59 Å². The summed E-state index contributed by atoms with van der Waals surface area (Å²) in [7, 11) is 0. The number of amides is 1. The average molecular weight is 541 g/mol. The van der Waals surface area contributed by atoms with Gasteiger partial charge in [-0.25, -0.2) is 0 Å². The summed E-state index contributed by atoms with van der Waals surface area (Å²) < 4.78 is 11.6. The second-order valence-electron chi connectivity index (χ2n) is 9.13. The number of rotatable bonds is 6. The van der Waals surface area contributed by atoms with Crippen molar-refractivity contribution in [3.05, 3.63) is 81.8 Å². The van der Waals surface area contributed by atoms with Crippen molar-refractivity contribution in [3.8, 4) is 17.2 Å². The lowest BCUT2D eigenvalue weighted by molar-refractivity contribution is -0.139. The molecule has 1 fully saturated rings. The van der Waals surface area contributed by atoms with Crippen LogP contribution in [0.4, 0.5) is 5.69 Å². The normalized spacial score (nSPS) is 18.9. The highest BCUT2D eigenvalue weighted by molar-refractivity contribution is 6.32. The number of ether oxygens (including phenoxy) is 2. The molecule has 7 nitrogen and oxygen atoms in total. The molecule has 0 spiro atoms. The zero-order chi connectivity index (χ0) is 25.9. The maximum absolute atomic E-state index is 13.7. The largest absolute Gasteiger partial charge is 0.493 e. The Balaban J connectivity index is 1.37. The highest BCUT2D eigenvalue weighted by atomic mass is 35.5. The molecule has 3 aromatic rings. The highest BCUT2D eigenvalue weighted by Crippen LogP contribution is 2.42. The van der Waals surface area contributed by atoms with Gasteiger partial charge in [-0.2, -0.15) is 0 Å². The van der Waals surface area contributed by atoms with E-state index in [2.05, 4.69) is 5.32 Å². The molecule has 2 aliphatic heterocycles. The van der Waals surface area contributed by atoms with Crippen LogP contribution in [0.25, 0.3) is 0 Å². The molecule has 0 bridgehead atoms. The molecule has 2 heterocycles. The third-order valence-electron chi connectivity index (χ3n) is 6.67. The van der Waals surface area contributed by atoms with Gasteiger partial charge in [0.2, 0.25) is 0 Å². The molecule has 0 aliphatic carbocycles. The molecule has 3 aromatic carbocycles. The number of anilines is 1. The fraction of sp³-hybridized carbons (Fsp3) is 0.286. The molecule has 0 saturated carbocycles. The Labute approximate surface area is 224 Å². The van der Waals surface area contributed by atoms with Gasteiger partial charge in [0, 0.05) is 40.5 Å². The zero-order valence-corrected chi connectivity index (χ0v) is 21.5. The topological polar surface area (TPSA) is 88.1 Å². The minimum atomic E-state index is -0.912. The SMILES string of the molecule is O=C(O)C1CCOc2cc(Oc3ccc(C(=O)N(c4cccc(Cl)c4)[C@H]4CCCNC4)cc3)c(Cl)cc21. The zero-order valence-electron chi connectivity index (χ0n) is 20.0. The summed E-state index contributed by atoms with van der Waals surface area (Å²) in [5, 5.41) is 13.7. The Morgan fingerprint density at radius 2 is 1.86 bits per heavy atom. The quantitative estimate of drug-likeness (QED) is 0.390. The molecule has 1 amide bonds. The molecular weight excluding hydrogens is 515 g/mol. The number of carboxylic acids is 1. The molecule has 9 heteroatoms. The van der Waals surface area contributed by atoms with E-state index in [1.165, 1.54) is 0 Å². The lowest BCUT2D eigenvalue weighted by atomic mass is 9.93. The third kappa shape index (κ3) is 5.54. The maximum Gasteiger partial charge on any atom is 0.311 e. The van der Waals surface area contributed by atoms with Crippen molar-refractivity contribution in [2.24, 2.45) is 0 Å². The number of carbonyl (C=O) groups is 2. The number of nitrogens with one attached hydrogen (secondary N) is 1. The van der Waals surface area contributed by atoms with Gasteiger partial charge in [0.15, 0.2) is 0 Å². The number of aliphatic carboxylic acids is 1. The molecule has 2 aliphatic rings. The Bertz CT molecular complexity index is 1310. The number of halogens is 2. The maximum atomic E-state index is 13.7. The number of benzene rings is 3. The predicted molar refractivity (Wildman–Crippen MR) is 143 cm³/mol. The fourth-order valence-corrected chi connectivity index (χ4v) is 5.22. The molecule has 1 unspecified atom stereocenters. The highest BCUT2D eigenvalue weighted by Gasteiger charge is 2.30. The molecule has 1 saturated heterocycles. The minimum Gasteiger partial charge on any atom is -0.493 e. The summed E-state index contributed by atoms with van der Waals surface area (Å²) in [5.41, 5.74) is 1.81. The lowest BCUT2D eigenvalue weighted by Crippen LogP contribution is -2.49. The van der Waals surface area contributed by atoms with Gasteiger partial charge >= 0.3 is 5.97 Å². The van der Waals surface area contributed by atoms with Crippen molar-refractivity contribution >= 4 is 40.8 Å². The van der Waals surface area contributed by atoms with Crippen LogP contribution in [-0.4, -0.2) is 42.7 Å². The first-order valence-corrected chi connectivity index (χ1v) is 12.9. The summed E-state index contributed by atoms with van der Waals surface area (Å²) >= 11 is 12.7. The molecule has 0 aromatic heterocycles. The molecule has 0 radical (unpaired) electrons. The van der Waals surface area contributed by atoms with Crippen molar-refractivity contribution < 1.29 is 24.2 Å². The summed E-state index contributed by atoms with van der Waals surface area (Å²) in [5.74, 6) is -0.421. The van der Waals surface area contributed by atoms with Crippen LogP contribution in [0.1, 0.15) is 41.1 Å². The van der Waals surface area contributed by atoms with Crippen LogP contribution < -0.4 is 19.7 Å². The van der Waals surface area contributed by atoms with Crippen LogP contribution >= 0.6 is 23.2 Å². The van der Waals surface area contributed by atoms with Gasteiger partial charge in [-0.1, -0.05) is 29.3 Å². The molecule has 2 atom stereocenters. The lowest BCUT2D eigenvalue weighted by Gasteiger charge is -2.35. The van der Waals surface area contributed by atoms with E-state index in [0.29, 0.717) is 53.0 Å². The van der Waals surface area contributed by atoms with E-state index in [1.54, 1.807) is 48.5 Å². The van der Waals surface area contributed by atoms with Gasteiger partial charge < -0.3 is 24.8 Å². The number of nitrogens with zero attached hydrogens (tertiary/aromatic N) is 1. The van der Waals surface area contributed by atoms with E-state index in [9.17, 15) is 14.7 Å². The second kappa shape index (κ2) is 11.0. The van der Waals surface area contributed by atoms with E-state index in [0.717, 1.165) is 25.1 Å². The minimum absolute atomic E-state index is 0.0135. The van der Waals surface area contributed by atoms with Gasteiger partial charge in [0.25, 0.3) is 5.91 Å². The number of fused-ring (bicyclic) bond motifs is 1. The first-order chi connectivity index (χ1) is 17.9. The van der Waals surface area contributed by atoms with Crippen molar-refractivity contribution in [3.63, 3.8) is 0 Å². The molecule has 5 rings (SSSR count). The van der Waals surface area contributed by atoms with Crippen LogP contribution in [0, 0.1) is 0 Å². The van der Waals surface area contributed by atoms with Gasteiger partial charge in [0.05, 0.1) is 17.5 Å². The van der Waals surface area contributed by atoms with Crippen molar-refractivity contribution in [1.29, 1.82) is 0 Å². The van der Waals surface area contributed by atoms with E-state index in [4.69, 9.17) is 32.7 Å². The standard InChI is InChI=1S/C28H26Cl2N2O5/c29-18-3-1-4-19(13-18)32(20-5-2-11-31-16-20)27(33)17-6-8-21(9-7-17)37-26-15-25-23(14-24(26)30)22(28(34)35)10-12-36-25/h1,3-4,6-9,13-15,20,22,31H,2,5,10-12,16H2,(H,34,35)/t20-,22?/m0/s1. The first-order valence-electron chi connectivity index (χ1n) is 12.2. The van der Waals surface area contributed by atoms with Crippen molar-refractivity contribution in [2.45, 2.75) is 31.2 Å². The Kier molecular flexibility index (Phi) is 7.55. The van der Waals surface area contributed by atoms with Gasteiger partial charge in [-0.05, 0) is 74.3 Å². The number of carbonyl (C=O) groups excluding carboxylic acids is 1. The number of piperidine rings is 1.